The minimum atomic E-state index is -0.596. The molecule has 8 nitrogen and oxygen atoms in total. The Hall–Kier alpha value is -3.16. The van der Waals surface area contributed by atoms with Crippen molar-refractivity contribution < 1.29 is 9.59 Å². The lowest BCUT2D eigenvalue weighted by Gasteiger charge is -2.36. The average Bonchev–Trinajstić information content (AvgIpc) is 3.16. The Kier molecular flexibility index (Phi) is 4.21. The van der Waals surface area contributed by atoms with E-state index in [2.05, 4.69) is 35.5 Å². The summed E-state index contributed by atoms with van der Waals surface area (Å²) in [5.74, 6) is 0.247. The lowest BCUT2D eigenvalue weighted by atomic mass is 10.0. The van der Waals surface area contributed by atoms with Crippen molar-refractivity contribution in [3.8, 4) is 0 Å². The van der Waals surface area contributed by atoms with E-state index in [1.165, 1.54) is 4.90 Å². The van der Waals surface area contributed by atoms with Crippen LogP contribution in [0.1, 0.15) is 28.1 Å². The number of aryl methyl sites for hydroxylation is 4. The highest BCUT2D eigenvalue weighted by Crippen LogP contribution is 2.28. The summed E-state index contributed by atoms with van der Waals surface area (Å²) in [6, 6.07) is 7.21. The molecule has 2 aliphatic rings. The van der Waals surface area contributed by atoms with Gasteiger partial charge >= 0.3 is 6.03 Å². The normalized spacial score (nSPS) is 21.7. The quantitative estimate of drug-likeness (QED) is 0.860. The maximum Gasteiger partial charge on any atom is 0.325 e. The first-order chi connectivity index (χ1) is 13.3. The van der Waals surface area contributed by atoms with E-state index in [0.717, 1.165) is 28.1 Å². The Bertz CT molecular complexity index is 1010. The van der Waals surface area contributed by atoms with Crippen molar-refractivity contribution in [1.29, 1.82) is 0 Å². The highest BCUT2D eigenvalue weighted by Gasteiger charge is 2.49. The second-order valence-corrected chi connectivity index (χ2v) is 7.59. The van der Waals surface area contributed by atoms with Crippen LogP contribution in [0.25, 0.3) is 0 Å². The van der Waals surface area contributed by atoms with Crippen LogP contribution in [0, 0.1) is 27.7 Å². The van der Waals surface area contributed by atoms with Crippen molar-refractivity contribution in [2.24, 2.45) is 4.99 Å². The predicted molar refractivity (Wildman–Crippen MR) is 105 cm³/mol. The Morgan fingerprint density at radius 1 is 1.11 bits per heavy atom. The molecule has 2 unspecified atom stereocenters. The van der Waals surface area contributed by atoms with Gasteiger partial charge in [0.25, 0.3) is 5.91 Å². The summed E-state index contributed by atoms with van der Waals surface area (Å²) in [5.41, 5.74) is 5.21. The molecule has 2 aliphatic heterocycles. The van der Waals surface area contributed by atoms with Gasteiger partial charge in [-0.05, 0) is 44.9 Å². The van der Waals surface area contributed by atoms with Gasteiger partial charge in [0.05, 0.1) is 5.69 Å². The van der Waals surface area contributed by atoms with E-state index in [1.54, 1.807) is 11.7 Å². The van der Waals surface area contributed by atoms with Crippen LogP contribution >= 0.6 is 0 Å². The molecule has 1 N–H and O–H groups in total. The molecule has 4 rings (SSSR count). The molecule has 1 aromatic heterocycles. The Morgan fingerprint density at radius 3 is 2.54 bits per heavy atom. The molecule has 0 aliphatic carbocycles. The van der Waals surface area contributed by atoms with Crippen LogP contribution in [-0.4, -0.2) is 56.7 Å². The first-order valence-corrected chi connectivity index (χ1v) is 9.28. The summed E-state index contributed by atoms with van der Waals surface area (Å²) in [5, 5.41) is 7.00. The summed E-state index contributed by atoms with van der Waals surface area (Å²) < 4.78 is 1.75. The highest BCUT2D eigenvalue weighted by molar-refractivity contribution is 6.04. The second kappa shape index (κ2) is 6.47. The van der Waals surface area contributed by atoms with Crippen molar-refractivity contribution >= 4 is 17.9 Å². The summed E-state index contributed by atoms with van der Waals surface area (Å²) >= 11 is 0. The summed E-state index contributed by atoms with van der Waals surface area (Å²) in [4.78, 5) is 33.0. The van der Waals surface area contributed by atoms with Gasteiger partial charge in [-0.25, -0.2) is 14.5 Å². The Balaban J connectivity index is 1.81. The third-order valence-electron chi connectivity index (χ3n) is 5.38. The molecule has 0 spiro atoms. The number of carbonyl (C=O) groups excluding carboxylic acids is 2. The largest absolute Gasteiger partial charge is 0.325 e. The van der Waals surface area contributed by atoms with Crippen molar-refractivity contribution in [2.45, 2.75) is 46.4 Å². The van der Waals surface area contributed by atoms with Crippen LogP contribution in [0.2, 0.25) is 0 Å². The monoisotopic (exact) mass is 380 g/mol. The van der Waals surface area contributed by atoms with Gasteiger partial charge in [0, 0.05) is 19.3 Å². The number of urea groups is 1. The maximum atomic E-state index is 12.7. The topological polar surface area (TPSA) is 82.8 Å². The van der Waals surface area contributed by atoms with Crippen molar-refractivity contribution in [3.05, 3.63) is 52.3 Å². The SMILES string of the molecule is Cc1ccc(C)c(CN2C(n3nc(C)cc3C)=NC3C2C(=O)NC(=O)N3C)c1. The number of nitrogens with one attached hydrogen (secondary N) is 1. The molecule has 8 heteroatoms. The highest BCUT2D eigenvalue weighted by atomic mass is 16.2. The van der Waals surface area contributed by atoms with E-state index < -0.39 is 18.2 Å². The zero-order valence-electron chi connectivity index (χ0n) is 16.7. The molecule has 0 saturated carbocycles. The van der Waals surface area contributed by atoms with Gasteiger partial charge in [-0.1, -0.05) is 23.8 Å². The lowest BCUT2D eigenvalue weighted by molar-refractivity contribution is -0.127. The number of hydrogen-bond acceptors (Lipinski definition) is 5. The fraction of sp³-hybridized carbons (Fsp3) is 0.400. The number of fused-ring (bicyclic) bond motifs is 1. The number of benzene rings is 1. The van der Waals surface area contributed by atoms with E-state index in [4.69, 9.17) is 4.99 Å². The molecule has 2 aromatic rings. The first-order valence-electron chi connectivity index (χ1n) is 9.28. The molecule has 3 amide bonds. The van der Waals surface area contributed by atoms with Crippen LogP contribution in [0.5, 0.6) is 0 Å². The molecule has 146 valence electrons. The minimum absolute atomic E-state index is 0.335. The average molecular weight is 380 g/mol. The third-order valence-corrected chi connectivity index (χ3v) is 5.38. The van der Waals surface area contributed by atoms with E-state index in [1.807, 2.05) is 31.7 Å². The third kappa shape index (κ3) is 2.85. The number of likely N-dealkylation sites (N-methyl/N-ethyl adjacent to an activating group) is 1. The fourth-order valence-corrected chi connectivity index (χ4v) is 3.84. The Labute approximate surface area is 163 Å². The summed E-state index contributed by atoms with van der Waals surface area (Å²) in [6.45, 7) is 8.48. The fourth-order valence-electron chi connectivity index (χ4n) is 3.84. The molecular formula is C20H24N6O2. The maximum absolute atomic E-state index is 12.7. The van der Waals surface area contributed by atoms with Crippen LogP contribution in [0.3, 0.4) is 0 Å². The molecule has 2 atom stereocenters. The molecule has 1 saturated heterocycles. The first kappa shape index (κ1) is 18.2. The van der Waals surface area contributed by atoms with E-state index in [9.17, 15) is 9.59 Å². The van der Waals surface area contributed by atoms with E-state index >= 15 is 0 Å². The van der Waals surface area contributed by atoms with Crippen LogP contribution in [0.15, 0.2) is 29.3 Å². The smallest absolute Gasteiger partial charge is 0.321 e. The van der Waals surface area contributed by atoms with Crippen LogP contribution in [0.4, 0.5) is 4.79 Å². The van der Waals surface area contributed by atoms with Gasteiger partial charge in [-0.2, -0.15) is 5.10 Å². The predicted octanol–water partition coefficient (Wildman–Crippen LogP) is 1.71. The van der Waals surface area contributed by atoms with Crippen LogP contribution in [-0.2, 0) is 11.3 Å². The summed E-state index contributed by atoms with van der Waals surface area (Å²) in [6.07, 6.45) is -0.578. The molecule has 3 heterocycles. The lowest BCUT2D eigenvalue weighted by Crippen LogP contribution is -2.63. The molecule has 1 aromatic carbocycles. The number of imide groups is 1. The Morgan fingerprint density at radius 2 is 1.86 bits per heavy atom. The second-order valence-electron chi connectivity index (χ2n) is 7.59. The van der Waals surface area contributed by atoms with E-state index in [0.29, 0.717) is 12.5 Å². The standard InChI is InChI=1S/C20H24N6O2/c1-11-6-7-12(2)15(8-11)10-25-16-17(24(5)20(28)22-18(16)27)21-19(25)26-14(4)9-13(3)23-26/h6-9,16-17H,10H2,1-5H3,(H,22,27,28). The van der Waals surface area contributed by atoms with Crippen LogP contribution < -0.4 is 5.32 Å². The number of hydrogen-bond donors (Lipinski definition) is 1. The number of amides is 3. The van der Waals surface area contributed by atoms with Gasteiger partial charge in [-0.15, -0.1) is 0 Å². The van der Waals surface area contributed by atoms with Gasteiger partial charge in [0.1, 0.15) is 0 Å². The van der Waals surface area contributed by atoms with Crippen molar-refractivity contribution in [1.82, 2.24) is 24.9 Å². The zero-order chi connectivity index (χ0) is 20.2. The van der Waals surface area contributed by atoms with Crippen molar-refractivity contribution in [2.75, 3.05) is 7.05 Å². The molecule has 1 fully saturated rings. The zero-order valence-corrected chi connectivity index (χ0v) is 16.7. The number of nitrogens with zero attached hydrogens (tertiary/aromatic N) is 5. The van der Waals surface area contributed by atoms with Gasteiger partial charge < -0.3 is 9.80 Å². The van der Waals surface area contributed by atoms with Gasteiger partial charge in [-0.3, -0.25) is 10.1 Å². The number of aromatic nitrogens is 2. The van der Waals surface area contributed by atoms with Gasteiger partial charge in [0.15, 0.2) is 12.2 Å². The summed E-state index contributed by atoms with van der Waals surface area (Å²) in [7, 11) is 1.66. The van der Waals surface area contributed by atoms with Gasteiger partial charge in [0.2, 0.25) is 5.96 Å². The molecular weight excluding hydrogens is 356 g/mol. The number of aliphatic imine (C=N–C) groups is 1. The minimum Gasteiger partial charge on any atom is -0.321 e. The molecule has 0 radical (unpaired) electrons. The van der Waals surface area contributed by atoms with E-state index in [-0.39, 0.29) is 5.91 Å². The molecule has 28 heavy (non-hydrogen) atoms. The number of rotatable bonds is 2. The number of carbonyl (C=O) groups is 2. The molecule has 0 bridgehead atoms. The van der Waals surface area contributed by atoms with Crippen molar-refractivity contribution in [3.63, 3.8) is 0 Å².